The Morgan fingerprint density at radius 2 is 0.898 bits per heavy atom. The van der Waals surface area contributed by atoms with E-state index < -0.39 is 0 Å². The summed E-state index contributed by atoms with van der Waals surface area (Å²) in [6.45, 7) is 0. The van der Waals surface area contributed by atoms with E-state index in [-0.39, 0.29) is 5.75 Å². The molecule has 0 saturated heterocycles. The van der Waals surface area contributed by atoms with E-state index in [1.807, 2.05) is 24.3 Å². The summed E-state index contributed by atoms with van der Waals surface area (Å²) in [6, 6.07) is 47.1. The second kappa shape index (κ2) is 11.8. The van der Waals surface area contributed by atoms with Gasteiger partial charge < -0.3 is 15.1 Å². The summed E-state index contributed by atoms with van der Waals surface area (Å²) in [6.07, 6.45) is 8.37. The van der Waals surface area contributed by atoms with Gasteiger partial charge in [0.1, 0.15) is 5.75 Å². The second-order valence-electron chi connectivity index (χ2n) is 12.2. The highest BCUT2D eigenvalue weighted by atomic mass is 16.3. The molecule has 0 atom stereocenters. The van der Waals surface area contributed by atoms with Crippen LogP contribution in [-0.4, -0.2) is 25.0 Å². The standard InChI is InChI=1S/C44H30N4O/c49-35-16-8-14-31(26-35)30-13-7-15-32(25-30)44-37-20-18-34(46-37)27-33-17-19-36(45-33)42(28-9-3-1-4-10-28)38-21-22-39(47-38)43(29-11-5-2-6-12-29)40-23-24-41(44)48-40/h1-27,45,48-49H. The molecule has 0 fully saturated rings. The molecule has 9 rings (SSSR count). The van der Waals surface area contributed by atoms with E-state index in [0.717, 1.165) is 89.4 Å². The number of rotatable bonds is 4. The normalized spacial score (nSPS) is 12.0. The molecule has 0 unspecified atom stereocenters. The van der Waals surface area contributed by atoms with Gasteiger partial charge in [-0.1, -0.05) is 91.0 Å². The van der Waals surface area contributed by atoms with Crippen LogP contribution in [0.5, 0.6) is 5.75 Å². The number of aromatic amines is 2. The largest absolute Gasteiger partial charge is 0.508 e. The molecule has 232 valence electrons. The van der Waals surface area contributed by atoms with Gasteiger partial charge in [-0.25, -0.2) is 9.97 Å². The Hall–Kier alpha value is -6.72. The van der Waals surface area contributed by atoms with Crippen molar-refractivity contribution in [2.75, 3.05) is 0 Å². The molecule has 0 aliphatic carbocycles. The third-order valence-corrected chi connectivity index (χ3v) is 9.03. The van der Waals surface area contributed by atoms with Gasteiger partial charge in [0, 0.05) is 38.8 Å². The quantitative estimate of drug-likeness (QED) is 0.181. The highest BCUT2D eigenvalue weighted by Gasteiger charge is 2.17. The zero-order chi connectivity index (χ0) is 32.7. The lowest BCUT2D eigenvalue weighted by Gasteiger charge is -2.08. The number of hydrogen-bond donors (Lipinski definition) is 3. The van der Waals surface area contributed by atoms with Crippen molar-refractivity contribution in [1.29, 1.82) is 0 Å². The fourth-order valence-electron chi connectivity index (χ4n) is 6.80. The molecule has 49 heavy (non-hydrogen) atoms. The molecule has 5 nitrogen and oxygen atoms in total. The minimum Gasteiger partial charge on any atom is -0.508 e. The molecule has 0 amide bonds. The smallest absolute Gasteiger partial charge is 0.116 e. The fourth-order valence-corrected chi connectivity index (χ4v) is 6.80. The van der Waals surface area contributed by atoms with Gasteiger partial charge in [0.15, 0.2) is 0 Å². The van der Waals surface area contributed by atoms with Gasteiger partial charge in [-0.05, 0) is 101 Å². The van der Waals surface area contributed by atoms with Crippen LogP contribution in [-0.2, 0) is 0 Å². The minimum atomic E-state index is 0.237. The van der Waals surface area contributed by atoms with Gasteiger partial charge in [-0.15, -0.1) is 0 Å². The van der Waals surface area contributed by atoms with Crippen molar-refractivity contribution < 1.29 is 5.11 Å². The molecule has 5 heteroatoms. The summed E-state index contributed by atoms with van der Waals surface area (Å²) < 4.78 is 0. The maximum atomic E-state index is 10.2. The van der Waals surface area contributed by atoms with Crippen LogP contribution in [0.15, 0.2) is 140 Å². The van der Waals surface area contributed by atoms with E-state index >= 15 is 0 Å². The number of benzene rings is 4. The van der Waals surface area contributed by atoms with Crippen LogP contribution in [0.2, 0.25) is 0 Å². The first-order valence-corrected chi connectivity index (χ1v) is 16.3. The summed E-state index contributed by atoms with van der Waals surface area (Å²) in [5.41, 5.74) is 15.5. The molecule has 8 bridgehead atoms. The molecular formula is C44H30N4O. The van der Waals surface area contributed by atoms with Crippen molar-refractivity contribution >= 4 is 46.4 Å². The number of hydrogen-bond acceptors (Lipinski definition) is 3. The third kappa shape index (κ3) is 5.33. The number of aromatic hydroxyl groups is 1. The topological polar surface area (TPSA) is 77.6 Å². The monoisotopic (exact) mass is 630 g/mol. The molecule has 0 radical (unpaired) electrons. The Bertz CT molecular complexity index is 2610. The summed E-state index contributed by atoms with van der Waals surface area (Å²) in [7, 11) is 0. The molecule has 5 heterocycles. The van der Waals surface area contributed by atoms with Gasteiger partial charge in [-0.2, -0.15) is 0 Å². The molecule has 3 aromatic heterocycles. The van der Waals surface area contributed by atoms with Crippen molar-refractivity contribution in [3.63, 3.8) is 0 Å². The first kappa shape index (κ1) is 28.5. The van der Waals surface area contributed by atoms with Crippen LogP contribution in [0.1, 0.15) is 22.8 Å². The Kier molecular flexibility index (Phi) is 6.87. The van der Waals surface area contributed by atoms with Gasteiger partial charge in [-0.3, -0.25) is 0 Å². The number of nitrogens with one attached hydrogen (secondary N) is 2. The number of phenols is 1. The van der Waals surface area contributed by atoms with Gasteiger partial charge in [0.2, 0.25) is 0 Å². The summed E-state index contributed by atoms with van der Waals surface area (Å²) in [5, 5.41) is 10.2. The molecule has 7 aromatic rings. The SMILES string of the molecule is Oc1cccc(-c2cccc(-c3c4nc(cc5ccc([nH]5)c(-c5ccccc5)c5nc(c(-c6ccccc6)c6ccc3[nH]6)C=C5)C=C4)c2)c1. The fraction of sp³-hybridized carbons (Fsp3) is 0. The lowest BCUT2D eigenvalue weighted by atomic mass is 9.98. The maximum Gasteiger partial charge on any atom is 0.116 e. The van der Waals surface area contributed by atoms with E-state index in [0.29, 0.717) is 0 Å². The van der Waals surface area contributed by atoms with Gasteiger partial charge >= 0.3 is 0 Å². The summed E-state index contributed by atoms with van der Waals surface area (Å²) >= 11 is 0. The van der Waals surface area contributed by atoms with Gasteiger partial charge in [0.25, 0.3) is 0 Å². The predicted molar refractivity (Wildman–Crippen MR) is 202 cm³/mol. The number of phenolic OH excluding ortho intramolecular Hbond substituents is 1. The minimum absolute atomic E-state index is 0.237. The van der Waals surface area contributed by atoms with Crippen molar-refractivity contribution in [1.82, 2.24) is 19.9 Å². The third-order valence-electron chi connectivity index (χ3n) is 9.03. The van der Waals surface area contributed by atoms with Crippen LogP contribution in [0.3, 0.4) is 0 Å². The molecule has 0 spiro atoms. The van der Waals surface area contributed by atoms with Crippen LogP contribution in [0.25, 0.3) is 90.9 Å². The highest BCUT2D eigenvalue weighted by Crippen LogP contribution is 2.37. The molecule has 3 N–H and O–H groups in total. The van der Waals surface area contributed by atoms with Crippen LogP contribution < -0.4 is 0 Å². The second-order valence-corrected chi connectivity index (χ2v) is 12.2. The van der Waals surface area contributed by atoms with E-state index in [2.05, 4.69) is 137 Å². The number of fused-ring (bicyclic) bond motifs is 8. The van der Waals surface area contributed by atoms with E-state index in [1.165, 1.54) is 0 Å². The molecular weight excluding hydrogens is 601 g/mol. The molecule has 2 aliphatic heterocycles. The lowest BCUT2D eigenvalue weighted by molar-refractivity contribution is 0.475. The first-order chi connectivity index (χ1) is 24.2. The van der Waals surface area contributed by atoms with Gasteiger partial charge in [0.05, 0.1) is 22.8 Å². The lowest BCUT2D eigenvalue weighted by Crippen LogP contribution is -1.88. The van der Waals surface area contributed by atoms with E-state index in [1.54, 1.807) is 12.1 Å². The van der Waals surface area contributed by atoms with Crippen molar-refractivity contribution in [3.05, 3.63) is 162 Å². The number of nitrogens with zero attached hydrogens (tertiary/aromatic N) is 2. The average molecular weight is 631 g/mol. The zero-order valence-corrected chi connectivity index (χ0v) is 26.4. The zero-order valence-electron chi connectivity index (χ0n) is 26.4. The molecule has 2 aliphatic rings. The van der Waals surface area contributed by atoms with Crippen molar-refractivity contribution in [2.45, 2.75) is 0 Å². The summed E-state index contributed by atoms with van der Waals surface area (Å²) in [5.74, 6) is 0.237. The predicted octanol–water partition coefficient (Wildman–Crippen LogP) is 11.0. The Morgan fingerprint density at radius 3 is 1.57 bits per heavy atom. The molecule has 4 aromatic carbocycles. The Balaban J connectivity index is 1.38. The first-order valence-electron chi connectivity index (χ1n) is 16.3. The van der Waals surface area contributed by atoms with Crippen LogP contribution >= 0.6 is 0 Å². The van der Waals surface area contributed by atoms with Crippen LogP contribution in [0, 0.1) is 0 Å². The van der Waals surface area contributed by atoms with Crippen LogP contribution in [0.4, 0.5) is 0 Å². The van der Waals surface area contributed by atoms with Crippen molar-refractivity contribution in [3.8, 4) is 50.3 Å². The Labute approximate surface area is 283 Å². The summed E-state index contributed by atoms with van der Waals surface area (Å²) in [4.78, 5) is 17.9. The average Bonchev–Trinajstić information content (AvgIpc) is 3.97. The van der Waals surface area contributed by atoms with E-state index in [9.17, 15) is 5.11 Å². The molecule has 0 saturated carbocycles. The van der Waals surface area contributed by atoms with Crippen molar-refractivity contribution in [2.24, 2.45) is 0 Å². The Morgan fingerprint density at radius 1 is 0.388 bits per heavy atom. The van der Waals surface area contributed by atoms with E-state index in [4.69, 9.17) is 9.97 Å². The highest BCUT2D eigenvalue weighted by molar-refractivity contribution is 5.97. The maximum absolute atomic E-state index is 10.2. The number of aromatic nitrogens is 4. The number of H-pyrrole nitrogens is 2.